The van der Waals surface area contributed by atoms with Crippen LogP contribution < -0.4 is 20.9 Å². The largest absolute Gasteiger partial charge is 0.497 e. The Morgan fingerprint density at radius 1 is 1.19 bits per heavy atom. The van der Waals surface area contributed by atoms with Crippen LogP contribution in [-0.2, 0) is 6.54 Å². The molecule has 1 fully saturated rings. The van der Waals surface area contributed by atoms with E-state index < -0.39 is 0 Å². The molecule has 140 valence electrons. The van der Waals surface area contributed by atoms with Gasteiger partial charge in [0, 0.05) is 35.7 Å². The summed E-state index contributed by atoms with van der Waals surface area (Å²) in [6.07, 6.45) is 0.645. The van der Waals surface area contributed by atoms with Crippen LogP contribution in [0.2, 0.25) is 0 Å². The molecule has 0 bridgehead atoms. The average molecular weight is 364 g/mol. The summed E-state index contributed by atoms with van der Waals surface area (Å²) in [4.78, 5) is 12.4. The molecule has 6 nitrogen and oxygen atoms in total. The van der Waals surface area contributed by atoms with E-state index >= 15 is 0 Å². The van der Waals surface area contributed by atoms with Gasteiger partial charge in [-0.3, -0.25) is 4.79 Å². The summed E-state index contributed by atoms with van der Waals surface area (Å²) in [5.74, 6) is 0.781. The molecule has 3 N–H and O–H groups in total. The Morgan fingerprint density at radius 2 is 2.00 bits per heavy atom. The van der Waals surface area contributed by atoms with Crippen molar-refractivity contribution in [3.05, 3.63) is 65.9 Å². The molecule has 3 aromatic rings. The number of fused-ring (bicyclic) bond motifs is 1. The molecule has 27 heavy (non-hydrogen) atoms. The summed E-state index contributed by atoms with van der Waals surface area (Å²) in [6, 6.07) is 17.7. The van der Waals surface area contributed by atoms with Crippen LogP contribution in [0.25, 0.3) is 10.9 Å². The van der Waals surface area contributed by atoms with E-state index in [9.17, 15) is 4.79 Å². The van der Waals surface area contributed by atoms with Gasteiger partial charge < -0.3 is 14.6 Å². The van der Waals surface area contributed by atoms with E-state index in [0.717, 1.165) is 24.2 Å². The first-order valence-electron chi connectivity index (χ1n) is 9.23. The number of nitrogens with one attached hydrogen (secondary N) is 3. The van der Waals surface area contributed by atoms with E-state index in [4.69, 9.17) is 4.74 Å². The number of aryl methyl sites for hydroxylation is 1. The lowest BCUT2D eigenvalue weighted by atomic mass is 10.1. The zero-order chi connectivity index (χ0) is 18.8. The number of nitrogens with zero attached hydrogens (tertiary/aromatic N) is 1. The molecule has 4 rings (SSSR count). The number of ether oxygens (including phenoxy) is 1. The molecule has 2 atom stereocenters. The summed E-state index contributed by atoms with van der Waals surface area (Å²) in [5, 5.41) is 4.23. The molecule has 1 aliphatic heterocycles. The van der Waals surface area contributed by atoms with Gasteiger partial charge in [0.2, 0.25) is 0 Å². The molecule has 1 amide bonds. The highest BCUT2D eigenvalue weighted by atomic mass is 16.5. The number of hydrazine groups is 1. The summed E-state index contributed by atoms with van der Waals surface area (Å²) in [5.41, 5.74) is 9.55. The minimum Gasteiger partial charge on any atom is -0.497 e. The molecule has 0 saturated carbocycles. The van der Waals surface area contributed by atoms with E-state index in [1.54, 1.807) is 7.11 Å². The maximum Gasteiger partial charge on any atom is 0.252 e. The van der Waals surface area contributed by atoms with E-state index in [0.29, 0.717) is 5.56 Å². The SMILES string of the molecule is CCn1c(C2CC(NC(=O)c3ccccc3)NN2)cc2ccc(OC)cc21. The second kappa shape index (κ2) is 7.42. The normalized spacial score (nSPS) is 19.3. The zero-order valence-electron chi connectivity index (χ0n) is 15.5. The number of amides is 1. The number of rotatable bonds is 5. The molecule has 1 saturated heterocycles. The third-order valence-electron chi connectivity index (χ3n) is 5.06. The molecule has 2 unspecified atom stereocenters. The van der Waals surface area contributed by atoms with Gasteiger partial charge in [0.15, 0.2) is 0 Å². The number of methoxy groups -OCH3 is 1. The minimum absolute atomic E-state index is 0.0729. The van der Waals surface area contributed by atoms with Gasteiger partial charge in [0.05, 0.1) is 24.8 Å². The fraction of sp³-hybridized carbons (Fsp3) is 0.286. The fourth-order valence-electron chi connectivity index (χ4n) is 3.70. The molecule has 0 spiro atoms. The molecule has 0 aliphatic carbocycles. The molecule has 0 radical (unpaired) electrons. The lowest BCUT2D eigenvalue weighted by molar-refractivity contribution is 0.0932. The van der Waals surface area contributed by atoms with Gasteiger partial charge in [0.25, 0.3) is 5.91 Å². The van der Waals surface area contributed by atoms with Gasteiger partial charge in [-0.15, -0.1) is 0 Å². The van der Waals surface area contributed by atoms with Crippen LogP contribution in [0.1, 0.15) is 35.4 Å². The lowest BCUT2D eigenvalue weighted by Gasteiger charge is -2.14. The quantitative estimate of drug-likeness (QED) is 0.651. The van der Waals surface area contributed by atoms with Crippen molar-refractivity contribution in [1.29, 1.82) is 0 Å². The Labute approximate surface area is 158 Å². The molecule has 1 aromatic heterocycles. The molecular weight excluding hydrogens is 340 g/mol. The van der Waals surface area contributed by atoms with Gasteiger partial charge in [-0.2, -0.15) is 0 Å². The summed E-state index contributed by atoms with van der Waals surface area (Å²) in [7, 11) is 1.68. The third kappa shape index (κ3) is 3.41. The Hall–Kier alpha value is -2.83. The van der Waals surface area contributed by atoms with Crippen LogP contribution in [0.4, 0.5) is 0 Å². The zero-order valence-corrected chi connectivity index (χ0v) is 15.5. The van der Waals surface area contributed by atoms with Gasteiger partial charge in [-0.05, 0) is 37.3 Å². The van der Waals surface area contributed by atoms with E-state index in [1.807, 2.05) is 36.4 Å². The smallest absolute Gasteiger partial charge is 0.252 e. The topological polar surface area (TPSA) is 67.3 Å². The van der Waals surface area contributed by atoms with Crippen LogP contribution in [0.5, 0.6) is 5.75 Å². The summed E-state index contributed by atoms with van der Waals surface area (Å²) < 4.78 is 7.66. The maximum absolute atomic E-state index is 12.4. The fourth-order valence-corrected chi connectivity index (χ4v) is 3.70. The second-order valence-corrected chi connectivity index (χ2v) is 6.71. The minimum atomic E-state index is -0.124. The molecule has 1 aliphatic rings. The Kier molecular flexibility index (Phi) is 4.83. The van der Waals surface area contributed by atoms with E-state index in [2.05, 4.69) is 45.9 Å². The number of hydrogen-bond donors (Lipinski definition) is 3. The highest BCUT2D eigenvalue weighted by Gasteiger charge is 2.29. The highest BCUT2D eigenvalue weighted by molar-refractivity contribution is 5.94. The first-order chi connectivity index (χ1) is 13.2. The van der Waals surface area contributed by atoms with Crippen molar-refractivity contribution in [2.24, 2.45) is 0 Å². The second-order valence-electron chi connectivity index (χ2n) is 6.71. The average Bonchev–Trinajstić information content (AvgIpc) is 3.31. The first kappa shape index (κ1) is 17.6. The van der Waals surface area contributed by atoms with Crippen molar-refractivity contribution in [2.45, 2.75) is 32.1 Å². The van der Waals surface area contributed by atoms with Crippen molar-refractivity contribution < 1.29 is 9.53 Å². The standard InChI is InChI=1S/C21H24N4O2/c1-3-25-18-12-16(27-2)10-9-15(18)11-19(25)17-13-20(24-23-17)22-21(26)14-7-5-4-6-8-14/h4-12,17,20,23-24H,3,13H2,1-2H3,(H,22,26). The number of benzene rings is 2. The van der Waals surface area contributed by atoms with Crippen molar-refractivity contribution in [3.63, 3.8) is 0 Å². The van der Waals surface area contributed by atoms with E-state index in [1.165, 1.54) is 11.1 Å². The Bertz CT molecular complexity index is 951. The molecular formula is C21H24N4O2. The monoisotopic (exact) mass is 364 g/mol. The third-order valence-corrected chi connectivity index (χ3v) is 5.06. The van der Waals surface area contributed by atoms with Crippen LogP contribution in [-0.4, -0.2) is 23.7 Å². The van der Waals surface area contributed by atoms with Gasteiger partial charge in [-0.1, -0.05) is 18.2 Å². The Morgan fingerprint density at radius 3 is 2.74 bits per heavy atom. The molecule has 6 heteroatoms. The summed E-state index contributed by atoms with van der Waals surface area (Å²) in [6.45, 7) is 3.00. The van der Waals surface area contributed by atoms with Crippen molar-refractivity contribution in [2.75, 3.05) is 7.11 Å². The number of carbonyl (C=O) groups excluding carboxylic acids is 1. The van der Waals surface area contributed by atoms with Crippen LogP contribution >= 0.6 is 0 Å². The summed E-state index contributed by atoms with van der Waals surface area (Å²) >= 11 is 0. The van der Waals surface area contributed by atoms with Crippen molar-refractivity contribution in [3.8, 4) is 5.75 Å². The van der Waals surface area contributed by atoms with E-state index in [-0.39, 0.29) is 18.1 Å². The predicted molar refractivity (Wildman–Crippen MR) is 105 cm³/mol. The van der Waals surface area contributed by atoms with Crippen LogP contribution in [0.15, 0.2) is 54.6 Å². The predicted octanol–water partition coefficient (Wildman–Crippen LogP) is 2.96. The number of carbonyl (C=O) groups is 1. The van der Waals surface area contributed by atoms with Crippen molar-refractivity contribution >= 4 is 16.8 Å². The van der Waals surface area contributed by atoms with Gasteiger partial charge in [-0.25, -0.2) is 10.9 Å². The van der Waals surface area contributed by atoms with Gasteiger partial charge >= 0.3 is 0 Å². The van der Waals surface area contributed by atoms with Crippen LogP contribution in [0, 0.1) is 0 Å². The maximum atomic E-state index is 12.4. The van der Waals surface area contributed by atoms with Crippen LogP contribution in [0.3, 0.4) is 0 Å². The molecule has 2 aromatic carbocycles. The first-order valence-corrected chi connectivity index (χ1v) is 9.23. The lowest BCUT2D eigenvalue weighted by Crippen LogP contribution is -2.44. The number of aromatic nitrogens is 1. The van der Waals surface area contributed by atoms with Gasteiger partial charge in [0.1, 0.15) is 5.75 Å². The Balaban J connectivity index is 1.52. The number of hydrogen-bond acceptors (Lipinski definition) is 4. The molecule has 2 heterocycles. The highest BCUT2D eigenvalue weighted by Crippen LogP contribution is 2.30. The van der Waals surface area contributed by atoms with Crippen molar-refractivity contribution in [1.82, 2.24) is 20.7 Å².